The van der Waals surface area contributed by atoms with Gasteiger partial charge in [0.1, 0.15) is 0 Å². The number of β-amino-alcohol motifs (C(OH)–C–C–N with tert-alkyl or cyclic N) is 2. The third-order valence-corrected chi connectivity index (χ3v) is 3.95. The molecule has 0 spiro atoms. The second-order valence-electron chi connectivity index (χ2n) is 5.37. The number of rotatable bonds is 3. The van der Waals surface area contributed by atoms with Gasteiger partial charge < -0.3 is 25.5 Å². The van der Waals surface area contributed by atoms with Gasteiger partial charge in [-0.05, 0) is 6.42 Å². The maximum Gasteiger partial charge on any atom is 0.337 e. The van der Waals surface area contributed by atoms with Gasteiger partial charge in [0.05, 0.1) is 18.2 Å². The van der Waals surface area contributed by atoms with Gasteiger partial charge >= 0.3 is 5.97 Å². The minimum Gasteiger partial charge on any atom is -0.479 e. The zero-order chi connectivity index (χ0) is 15.1. The Labute approximate surface area is 115 Å². The first-order chi connectivity index (χ1) is 9.29. The van der Waals surface area contributed by atoms with Gasteiger partial charge in [0.2, 0.25) is 11.4 Å². The fraction of sp³-hybridized carbons (Fsp3) is 0.750. The number of carboxylic acid groups (broad SMARTS) is 1. The van der Waals surface area contributed by atoms with Crippen molar-refractivity contribution in [3.05, 3.63) is 0 Å². The third-order valence-electron chi connectivity index (χ3n) is 3.95. The van der Waals surface area contributed by atoms with Gasteiger partial charge in [0.25, 0.3) is 0 Å². The van der Waals surface area contributed by atoms with Crippen molar-refractivity contribution in [2.75, 3.05) is 13.1 Å². The van der Waals surface area contributed by atoms with Crippen LogP contribution in [0.3, 0.4) is 0 Å². The first kappa shape index (κ1) is 14.9. The van der Waals surface area contributed by atoms with E-state index in [1.165, 1.54) is 6.92 Å². The van der Waals surface area contributed by atoms with Crippen LogP contribution in [0.2, 0.25) is 0 Å². The minimum atomic E-state index is -2.05. The fourth-order valence-electron chi connectivity index (χ4n) is 3.03. The average molecular weight is 286 g/mol. The number of carbonyl (C=O) groups is 3. The molecule has 4 N–H and O–H groups in total. The quantitative estimate of drug-likeness (QED) is 0.430. The molecule has 4 unspecified atom stereocenters. The molecule has 2 aliphatic rings. The molecule has 0 aromatic carbocycles. The Morgan fingerprint density at radius 1 is 1.25 bits per heavy atom. The van der Waals surface area contributed by atoms with Crippen LogP contribution in [0.25, 0.3) is 0 Å². The number of aliphatic hydroxyl groups is 2. The number of nitrogens with zero attached hydrogens (tertiary/aromatic N) is 1. The first-order valence-corrected chi connectivity index (χ1v) is 6.44. The number of aliphatic hydroxyl groups excluding tert-OH is 2. The summed E-state index contributed by atoms with van der Waals surface area (Å²) in [7, 11) is 0. The molecule has 2 aliphatic heterocycles. The van der Waals surface area contributed by atoms with Crippen molar-refractivity contribution in [2.24, 2.45) is 0 Å². The SMILES string of the molecule is CC(=O)N1CC(O)CC1(C(=O)O)C(=O)C1CC(O)CN1. The number of Topliss-reactive ketones (excluding diaryl/α,β-unsaturated/α-hetero) is 1. The van der Waals surface area contributed by atoms with Crippen molar-refractivity contribution in [2.45, 2.75) is 43.6 Å². The number of carboxylic acids is 1. The highest BCUT2D eigenvalue weighted by Gasteiger charge is 2.59. The predicted molar refractivity (Wildman–Crippen MR) is 65.8 cm³/mol. The van der Waals surface area contributed by atoms with E-state index in [-0.39, 0.29) is 25.9 Å². The zero-order valence-electron chi connectivity index (χ0n) is 11.1. The van der Waals surface area contributed by atoms with E-state index in [1.54, 1.807) is 0 Å². The molecule has 20 heavy (non-hydrogen) atoms. The van der Waals surface area contributed by atoms with Gasteiger partial charge in [0, 0.05) is 26.4 Å². The molecule has 112 valence electrons. The molecule has 8 heteroatoms. The Morgan fingerprint density at radius 2 is 1.90 bits per heavy atom. The van der Waals surface area contributed by atoms with Crippen LogP contribution in [-0.2, 0) is 14.4 Å². The van der Waals surface area contributed by atoms with E-state index in [0.29, 0.717) is 0 Å². The number of aliphatic carboxylic acids is 1. The lowest BCUT2D eigenvalue weighted by Gasteiger charge is -2.34. The summed E-state index contributed by atoms with van der Waals surface area (Å²) in [5, 5.41) is 31.4. The number of amides is 1. The number of hydrogen-bond acceptors (Lipinski definition) is 6. The van der Waals surface area contributed by atoms with Crippen LogP contribution >= 0.6 is 0 Å². The topological polar surface area (TPSA) is 127 Å². The molecule has 0 aromatic heterocycles. The molecule has 0 radical (unpaired) electrons. The van der Waals surface area contributed by atoms with E-state index in [1.807, 2.05) is 0 Å². The van der Waals surface area contributed by atoms with Crippen molar-refractivity contribution in [3.63, 3.8) is 0 Å². The Morgan fingerprint density at radius 3 is 2.35 bits per heavy atom. The first-order valence-electron chi connectivity index (χ1n) is 6.44. The Balaban J connectivity index is 2.36. The highest BCUT2D eigenvalue weighted by Crippen LogP contribution is 2.33. The zero-order valence-corrected chi connectivity index (χ0v) is 11.1. The third kappa shape index (κ3) is 2.19. The summed E-state index contributed by atoms with van der Waals surface area (Å²) in [5.41, 5.74) is -2.05. The number of ketones is 1. The van der Waals surface area contributed by atoms with Crippen molar-refractivity contribution in [3.8, 4) is 0 Å². The molecule has 2 rings (SSSR count). The standard InChI is InChI=1S/C12H18N2O6/c1-6(15)14-5-8(17)3-12(14,11(19)20)10(18)9-2-7(16)4-13-9/h7-9,13,16-17H,2-5H2,1H3,(H,19,20). The molecule has 4 atom stereocenters. The van der Waals surface area contributed by atoms with Crippen LogP contribution < -0.4 is 5.32 Å². The molecule has 0 bridgehead atoms. The van der Waals surface area contributed by atoms with Crippen molar-refractivity contribution in [1.82, 2.24) is 10.2 Å². The lowest BCUT2D eigenvalue weighted by molar-refractivity contribution is -0.161. The molecule has 0 saturated carbocycles. The van der Waals surface area contributed by atoms with Gasteiger partial charge in [-0.15, -0.1) is 0 Å². The van der Waals surface area contributed by atoms with Crippen molar-refractivity contribution in [1.29, 1.82) is 0 Å². The Kier molecular flexibility index (Phi) is 3.81. The smallest absolute Gasteiger partial charge is 0.337 e. The monoisotopic (exact) mass is 286 g/mol. The maximum atomic E-state index is 12.6. The molecule has 2 saturated heterocycles. The summed E-state index contributed by atoms with van der Waals surface area (Å²) >= 11 is 0. The predicted octanol–water partition coefficient (Wildman–Crippen LogP) is -2.29. The number of hydrogen-bond donors (Lipinski definition) is 4. The van der Waals surface area contributed by atoms with Gasteiger partial charge in [-0.1, -0.05) is 0 Å². The summed E-state index contributed by atoms with van der Waals surface area (Å²) in [5.74, 6) is -2.71. The second-order valence-corrected chi connectivity index (χ2v) is 5.37. The Hall–Kier alpha value is -1.51. The van der Waals surface area contributed by atoms with E-state index >= 15 is 0 Å². The molecule has 0 aliphatic carbocycles. The normalized spacial score (nSPS) is 37.1. The van der Waals surface area contributed by atoms with Crippen LogP contribution in [-0.4, -0.2) is 74.8 Å². The van der Waals surface area contributed by atoms with Crippen molar-refractivity contribution < 1.29 is 29.7 Å². The number of nitrogens with one attached hydrogen (secondary N) is 1. The van der Waals surface area contributed by atoms with Crippen molar-refractivity contribution >= 4 is 17.7 Å². The largest absolute Gasteiger partial charge is 0.479 e. The van der Waals surface area contributed by atoms with Crippen LogP contribution in [0.15, 0.2) is 0 Å². The van der Waals surface area contributed by atoms with Crippen LogP contribution in [0.5, 0.6) is 0 Å². The van der Waals surface area contributed by atoms with E-state index in [2.05, 4.69) is 5.32 Å². The van der Waals surface area contributed by atoms with Gasteiger partial charge in [-0.2, -0.15) is 0 Å². The molecule has 2 heterocycles. The molecule has 2 fully saturated rings. The van der Waals surface area contributed by atoms with Crippen LogP contribution in [0.1, 0.15) is 19.8 Å². The average Bonchev–Trinajstić information content (AvgIpc) is 2.92. The summed E-state index contributed by atoms with van der Waals surface area (Å²) < 4.78 is 0. The highest BCUT2D eigenvalue weighted by atomic mass is 16.4. The number of likely N-dealkylation sites (tertiary alicyclic amines) is 1. The molecular formula is C12H18N2O6. The van der Waals surface area contributed by atoms with E-state index in [9.17, 15) is 29.7 Å². The molecule has 1 amide bonds. The lowest BCUT2D eigenvalue weighted by atomic mass is 9.85. The minimum absolute atomic E-state index is 0.107. The Bertz CT molecular complexity index is 453. The van der Waals surface area contributed by atoms with Gasteiger partial charge in [-0.25, -0.2) is 4.79 Å². The fourth-order valence-corrected chi connectivity index (χ4v) is 3.03. The summed E-state index contributed by atoms with van der Waals surface area (Å²) in [6, 6.07) is -0.826. The summed E-state index contributed by atoms with van der Waals surface area (Å²) in [4.78, 5) is 36.7. The van der Waals surface area contributed by atoms with Crippen LogP contribution in [0.4, 0.5) is 0 Å². The summed E-state index contributed by atoms with van der Waals surface area (Å²) in [6.45, 7) is 1.19. The van der Waals surface area contributed by atoms with Gasteiger partial charge in [0.15, 0.2) is 5.78 Å². The molecule has 0 aromatic rings. The number of carbonyl (C=O) groups excluding carboxylic acids is 2. The second kappa shape index (κ2) is 5.12. The summed E-state index contributed by atoms with van der Waals surface area (Å²) in [6.07, 6.45) is -1.98. The van der Waals surface area contributed by atoms with Gasteiger partial charge in [-0.3, -0.25) is 9.59 Å². The van der Waals surface area contributed by atoms with Crippen LogP contribution in [0, 0.1) is 0 Å². The van der Waals surface area contributed by atoms with E-state index in [4.69, 9.17) is 0 Å². The lowest BCUT2D eigenvalue weighted by Crippen LogP contribution is -2.62. The van der Waals surface area contributed by atoms with E-state index in [0.717, 1.165) is 4.90 Å². The highest BCUT2D eigenvalue weighted by molar-refractivity contribution is 6.12. The molecular weight excluding hydrogens is 268 g/mol. The van der Waals surface area contributed by atoms with E-state index < -0.39 is 41.4 Å². The molecule has 8 nitrogen and oxygen atoms in total. The maximum absolute atomic E-state index is 12.6.